The normalized spacial score (nSPS) is 20.8. The molecule has 0 heterocycles. The van der Waals surface area contributed by atoms with E-state index in [0.29, 0.717) is 22.0 Å². The average molecular weight is 441 g/mol. The summed E-state index contributed by atoms with van der Waals surface area (Å²) in [6.07, 6.45) is -0.147. The second-order valence-electron chi connectivity index (χ2n) is 9.34. The van der Waals surface area contributed by atoms with Crippen molar-refractivity contribution in [3.05, 3.63) is 53.1 Å². The van der Waals surface area contributed by atoms with Crippen molar-refractivity contribution in [2.45, 2.75) is 39.8 Å². The van der Waals surface area contributed by atoms with Gasteiger partial charge in [0.25, 0.3) is 0 Å². The molecule has 0 spiro atoms. The highest BCUT2D eigenvalue weighted by molar-refractivity contribution is 6.31. The molecule has 2 aromatic rings. The van der Waals surface area contributed by atoms with Gasteiger partial charge in [0.15, 0.2) is 0 Å². The number of anilines is 2. The van der Waals surface area contributed by atoms with Crippen LogP contribution in [0.1, 0.15) is 33.3 Å². The molecule has 0 aromatic heterocycles. The minimum atomic E-state index is -0.309. The summed E-state index contributed by atoms with van der Waals surface area (Å²) in [4.78, 5) is 16.7. The SMILES string of the molecule is CN(C(=O)N(C)C1C(C)(C)C(Oc2ccc(C#N)c(Cl)c2)C1(C)C)c1ccc(N)cc1. The molecular formula is C24H29ClN4O2. The Kier molecular flexibility index (Phi) is 5.86. The smallest absolute Gasteiger partial charge is 0.324 e. The molecule has 0 radical (unpaired) electrons. The predicted molar refractivity (Wildman–Crippen MR) is 124 cm³/mol. The van der Waals surface area contributed by atoms with Crippen LogP contribution in [0.4, 0.5) is 16.2 Å². The average Bonchev–Trinajstić information content (AvgIpc) is 2.71. The summed E-state index contributed by atoms with van der Waals surface area (Å²) in [5.41, 5.74) is 6.99. The van der Waals surface area contributed by atoms with Gasteiger partial charge in [0, 0.05) is 42.4 Å². The molecule has 0 bridgehead atoms. The van der Waals surface area contributed by atoms with Crippen LogP contribution >= 0.6 is 11.6 Å². The van der Waals surface area contributed by atoms with Gasteiger partial charge < -0.3 is 15.4 Å². The van der Waals surface area contributed by atoms with Crippen molar-refractivity contribution < 1.29 is 9.53 Å². The number of rotatable bonds is 4. The molecule has 0 saturated heterocycles. The van der Waals surface area contributed by atoms with Gasteiger partial charge in [-0.05, 0) is 36.4 Å². The van der Waals surface area contributed by atoms with Gasteiger partial charge in [-0.3, -0.25) is 4.90 Å². The molecule has 2 N–H and O–H groups in total. The first-order valence-corrected chi connectivity index (χ1v) is 10.5. The third-order valence-corrected chi connectivity index (χ3v) is 6.64. The van der Waals surface area contributed by atoms with Crippen molar-refractivity contribution in [1.82, 2.24) is 4.90 Å². The molecule has 1 aliphatic rings. The number of carbonyl (C=O) groups is 1. The van der Waals surface area contributed by atoms with Crippen LogP contribution in [0.3, 0.4) is 0 Å². The summed E-state index contributed by atoms with van der Waals surface area (Å²) in [5.74, 6) is 0.613. The van der Waals surface area contributed by atoms with Crippen LogP contribution in [-0.2, 0) is 0 Å². The third-order valence-electron chi connectivity index (χ3n) is 6.33. The van der Waals surface area contributed by atoms with E-state index >= 15 is 0 Å². The molecule has 0 atom stereocenters. The largest absolute Gasteiger partial charge is 0.489 e. The molecule has 0 aliphatic heterocycles. The van der Waals surface area contributed by atoms with Gasteiger partial charge in [0.2, 0.25) is 0 Å². The van der Waals surface area contributed by atoms with Crippen LogP contribution < -0.4 is 15.4 Å². The number of hydrogen-bond acceptors (Lipinski definition) is 4. The number of nitrogens with two attached hydrogens (primary N) is 1. The van der Waals surface area contributed by atoms with E-state index in [0.717, 1.165) is 5.69 Å². The van der Waals surface area contributed by atoms with E-state index in [4.69, 9.17) is 27.3 Å². The summed E-state index contributed by atoms with van der Waals surface area (Å²) in [6.45, 7) is 8.41. The molecule has 1 aliphatic carbocycles. The van der Waals surface area contributed by atoms with Crippen molar-refractivity contribution in [1.29, 1.82) is 5.26 Å². The summed E-state index contributed by atoms with van der Waals surface area (Å²) in [6, 6.07) is 14.2. The predicted octanol–water partition coefficient (Wildman–Crippen LogP) is 5.16. The van der Waals surface area contributed by atoms with E-state index in [1.54, 1.807) is 47.2 Å². The van der Waals surface area contributed by atoms with Gasteiger partial charge in [0.05, 0.1) is 16.6 Å². The van der Waals surface area contributed by atoms with E-state index in [2.05, 4.69) is 33.8 Å². The Balaban J connectivity index is 1.79. The number of nitriles is 1. The molecule has 1 fully saturated rings. The van der Waals surface area contributed by atoms with Gasteiger partial charge >= 0.3 is 6.03 Å². The molecule has 6 nitrogen and oxygen atoms in total. The van der Waals surface area contributed by atoms with Crippen molar-refractivity contribution in [2.24, 2.45) is 10.8 Å². The Labute approximate surface area is 189 Å². The fraction of sp³-hybridized carbons (Fsp3) is 0.417. The first kappa shape index (κ1) is 22.8. The number of hydrogen-bond donors (Lipinski definition) is 1. The number of nitrogens with zero attached hydrogens (tertiary/aromatic N) is 3. The zero-order chi connectivity index (χ0) is 23.1. The van der Waals surface area contributed by atoms with E-state index < -0.39 is 0 Å². The first-order chi connectivity index (χ1) is 14.4. The quantitative estimate of drug-likeness (QED) is 0.665. The molecule has 2 aromatic carbocycles. The molecule has 0 unspecified atom stereocenters. The zero-order valence-corrected chi connectivity index (χ0v) is 19.6. The van der Waals surface area contributed by atoms with Crippen LogP contribution in [0.5, 0.6) is 5.75 Å². The summed E-state index contributed by atoms with van der Waals surface area (Å²) < 4.78 is 6.32. The van der Waals surface area contributed by atoms with E-state index in [1.807, 2.05) is 19.2 Å². The summed E-state index contributed by atoms with van der Waals surface area (Å²) in [5, 5.41) is 9.45. The maximum absolute atomic E-state index is 13.3. The highest BCUT2D eigenvalue weighted by atomic mass is 35.5. The minimum absolute atomic E-state index is 0.0532. The number of nitrogen functional groups attached to an aromatic ring is 1. The minimum Gasteiger partial charge on any atom is -0.489 e. The summed E-state index contributed by atoms with van der Waals surface area (Å²) >= 11 is 6.17. The molecular weight excluding hydrogens is 412 g/mol. The van der Waals surface area contributed by atoms with Crippen LogP contribution in [0.15, 0.2) is 42.5 Å². The van der Waals surface area contributed by atoms with Crippen molar-refractivity contribution >= 4 is 29.0 Å². The van der Waals surface area contributed by atoms with Crippen LogP contribution in [-0.4, -0.2) is 37.2 Å². The molecule has 7 heteroatoms. The van der Waals surface area contributed by atoms with E-state index in [1.165, 1.54) is 0 Å². The number of amides is 2. The highest BCUT2D eigenvalue weighted by Gasteiger charge is 2.66. The van der Waals surface area contributed by atoms with Crippen LogP contribution in [0, 0.1) is 22.2 Å². The standard InChI is InChI=1S/C24H29ClN4O2/c1-23(2)20(29(6)22(30)28(5)17-10-8-16(27)9-11-17)24(3,4)21(23)31-18-12-7-15(14-26)19(25)13-18/h7-13,20-21H,27H2,1-6H3. The molecule has 164 valence electrons. The fourth-order valence-electron chi connectivity index (χ4n) is 5.36. The molecule has 1 saturated carbocycles. The van der Waals surface area contributed by atoms with Gasteiger partial charge in [-0.2, -0.15) is 5.26 Å². The molecule has 3 rings (SSSR count). The highest BCUT2D eigenvalue weighted by Crippen LogP contribution is 2.57. The number of benzene rings is 2. The number of carbonyl (C=O) groups excluding carboxylic acids is 1. The van der Waals surface area contributed by atoms with E-state index in [9.17, 15) is 4.79 Å². The van der Waals surface area contributed by atoms with Gasteiger partial charge in [-0.1, -0.05) is 39.3 Å². The van der Waals surface area contributed by atoms with Gasteiger partial charge in [-0.15, -0.1) is 0 Å². The van der Waals surface area contributed by atoms with Gasteiger partial charge in [0.1, 0.15) is 17.9 Å². The monoisotopic (exact) mass is 440 g/mol. The summed E-state index contributed by atoms with van der Waals surface area (Å²) in [7, 11) is 3.59. The lowest BCUT2D eigenvalue weighted by Gasteiger charge is -2.65. The fourth-order valence-corrected chi connectivity index (χ4v) is 5.57. The number of halogens is 1. The van der Waals surface area contributed by atoms with Crippen LogP contribution in [0.25, 0.3) is 0 Å². The number of ether oxygens (including phenoxy) is 1. The van der Waals surface area contributed by atoms with Crippen LogP contribution in [0.2, 0.25) is 5.02 Å². The van der Waals surface area contributed by atoms with Crippen molar-refractivity contribution in [2.75, 3.05) is 24.7 Å². The lowest BCUT2D eigenvalue weighted by Crippen LogP contribution is -2.75. The second kappa shape index (κ2) is 7.97. The molecule has 2 amide bonds. The Morgan fingerprint density at radius 1 is 1.10 bits per heavy atom. The lowest BCUT2D eigenvalue weighted by molar-refractivity contribution is -0.193. The lowest BCUT2D eigenvalue weighted by atomic mass is 9.49. The third kappa shape index (κ3) is 3.90. The Hall–Kier alpha value is -2.91. The van der Waals surface area contributed by atoms with Gasteiger partial charge in [-0.25, -0.2) is 4.79 Å². The first-order valence-electron chi connectivity index (χ1n) is 10.1. The van der Waals surface area contributed by atoms with E-state index in [-0.39, 0.29) is 29.0 Å². The topological polar surface area (TPSA) is 82.6 Å². The Morgan fingerprint density at radius 2 is 1.68 bits per heavy atom. The van der Waals surface area contributed by atoms with Crippen molar-refractivity contribution in [3.63, 3.8) is 0 Å². The maximum Gasteiger partial charge on any atom is 0.324 e. The number of urea groups is 1. The maximum atomic E-state index is 13.3. The Bertz CT molecular complexity index is 1010. The Morgan fingerprint density at radius 3 is 2.19 bits per heavy atom. The second-order valence-corrected chi connectivity index (χ2v) is 9.75. The zero-order valence-electron chi connectivity index (χ0n) is 18.8. The van der Waals surface area contributed by atoms with Crippen molar-refractivity contribution in [3.8, 4) is 11.8 Å². The molecule has 31 heavy (non-hydrogen) atoms.